The van der Waals surface area contributed by atoms with Gasteiger partial charge in [-0.3, -0.25) is 0 Å². The second-order valence-corrected chi connectivity index (χ2v) is 5.33. The average Bonchev–Trinajstić information content (AvgIpc) is 2.85. The Hall–Kier alpha value is -0.710. The highest BCUT2D eigenvalue weighted by molar-refractivity contribution is 7.14. The quantitative estimate of drug-likeness (QED) is 0.883. The van der Waals surface area contributed by atoms with E-state index in [-0.39, 0.29) is 0 Å². The molecule has 0 atom stereocenters. The van der Waals surface area contributed by atoms with Crippen molar-refractivity contribution in [2.75, 3.05) is 0 Å². The number of hydrogen-bond donors (Lipinski definition) is 1. The van der Waals surface area contributed by atoms with Crippen LogP contribution >= 0.6 is 22.7 Å². The molecule has 0 spiro atoms. The van der Waals surface area contributed by atoms with E-state index in [4.69, 9.17) is 0 Å². The number of nitrogens with one attached hydrogen (secondary N) is 1. The Labute approximate surface area is 98.0 Å². The molecule has 1 N–H and O–H groups in total. The second kappa shape index (κ2) is 4.88. The third-order valence-electron chi connectivity index (χ3n) is 2.01. The molecule has 0 saturated carbocycles. The summed E-state index contributed by atoms with van der Waals surface area (Å²) >= 11 is 3.43. The van der Waals surface area contributed by atoms with Gasteiger partial charge in [-0.1, -0.05) is 13.8 Å². The number of nitrogens with zero attached hydrogens (tertiary/aromatic N) is 1. The van der Waals surface area contributed by atoms with Gasteiger partial charge in [-0.2, -0.15) is 11.3 Å². The summed E-state index contributed by atoms with van der Waals surface area (Å²) in [4.78, 5) is 4.59. The van der Waals surface area contributed by atoms with Crippen LogP contribution in [0.4, 0.5) is 0 Å². The van der Waals surface area contributed by atoms with Gasteiger partial charge >= 0.3 is 0 Å². The van der Waals surface area contributed by atoms with Crippen molar-refractivity contribution in [2.24, 2.45) is 0 Å². The van der Waals surface area contributed by atoms with Gasteiger partial charge in [0.1, 0.15) is 5.01 Å². The van der Waals surface area contributed by atoms with Crippen molar-refractivity contribution in [2.45, 2.75) is 26.4 Å². The van der Waals surface area contributed by atoms with E-state index in [1.165, 1.54) is 5.56 Å². The standard InChI is InChI=1S/C11H14N2S2/c1-8(2)12-5-10-7-15-11(13-10)9-3-4-14-6-9/h3-4,6-8,12H,5H2,1-2H3. The van der Waals surface area contributed by atoms with Crippen molar-refractivity contribution in [3.8, 4) is 10.6 Å². The van der Waals surface area contributed by atoms with Crippen molar-refractivity contribution in [3.05, 3.63) is 27.9 Å². The molecule has 0 saturated heterocycles. The Kier molecular flexibility index (Phi) is 3.51. The van der Waals surface area contributed by atoms with Crippen LogP contribution < -0.4 is 5.32 Å². The number of hydrogen-bond acceptors (Lipinski definition) is 4. The zero-order chi connectivity index (χ0) is 10.7. The van der Waals surface area contributed by atoms with E-state index >= 15 is 0 Å². The van der Waals surface area contributed by atoms with Gasteiger partial charge in [-0.25, -0.2) is 4.98 Å². The van der Waals surface area contributed by atoms with E-state index in [0.717, 1.165) is 17.2 Å². The molecule has 15 heavy (non-hydrogen) atoms. The number of thiophene rings is 1. The Morgan fingerprint density at radius 1 is 1.40 bits per heavy atom. The Morgan fingerprint density at radius 3 is 2.93 bits per heavy atom. The molecule has 2 rings (SSSR count). The Balaban J connectivity index is 2.04. The molecule has 2 aromatic rings. The Bertz CT molecular complexity index is 404. The maximum absolute atomic E-state index is 4.59. The molecular weight excluding hydrogens is 224 g/mol. The van der Waals surface area contributed by atoms with Crippen molar-refractivity contribution in [1.29, 1.82) is 0 Å². The normalized spacial score (nSPS) is 11.1. The molecule has 0 fully saturated rings. The number of aromatic nitrogens is 1. The minimum absolute atomic E-state index is 0.510. The lowest BCUT2D eigenvalue weighted by Gasteiger charge is -2.04. The van der Waals surface area contributed by atoms with Crippen LogP contribution in [0.15, 0.2) is 22.2 Å². The molecule has 0 aliphatic rings. The second-order valence-electron chi connectivity index (χ2n) is 3.69. The van der Waals surface area contributed by atoms with Crippen molar-refractivity contribution in [3.63, 3.8) is 0 Å². The highest BCUT2D eigenvalue weighted by atomic mass is 32.1. The van der Waals surface area contributed by atoms with Crippen LogP contribution in [0.1, 0.15) is 19.5 Å². The molecule has 2 aromatic heterocycles. The average molecular weight is 238 g/mol. The molecule has 0 unspecified atom stereocenters. The summed E-state index contributed by atoms with van der Waals surface area (Å²) in [6.07, 6.45) is 0. The Morgan fingerprint density at radius 2 is 2.27 bits per heavy atom. The predicted octanol–water partition coefficient (Wildman–Crippen LogP) is 3.37. The monoisotopic (exact) mass is 238 g/mol. The van der Waals surface area contributed by atoms with Crippen LogP contribution in [-0.2, 0) is 6.54 Å². The molecule has 2 nitrogen and oxygen atoms in total. The fraction of sp³-hybridized carbons (Fsp3) is 0.364. The van der Waals surface area contributed by atoms with Gasteiger partial charge in [0.05, 0.1) is 5.69 Å². The topological polar surface area (TPSA) is 24.9 Å². The van der Waals surface area contributed by atoms with E-state index in [1.54, 1.807) is 22.7 Å². The smallest absolute Gasteiger partial charge is 0.124 e. The van der Waals surface area contributed by atoms with E-state index in [1.807, 2.05) is 0 Å². The van der Waals surface area contributed by atoms with Gasteiger partial charge in [-0.15, -0.1) is 11.3 Å². The molecule has 0 radical (unpaired) electrons. The summed E-state index contributed by atoms with van der Waals surface area (Å²) in [6, 6.07) is 2.62. The highest BCUT2D eigenvalue weighted by Crippen LogP contribution is 2.25. The fourth-order valence-corrected chi connectivity index (χ4v) is 2.75. The fourth-order valence-electron chi connectivity index (χ4n) is 1.22. The maximum Gasteiger partial charge on any atom is 0.124 e. The zero-order valence-electron chi connectivity index (χ0n) is 8.86. The van der Waals surface area contributed by atoms with Gasteiger partial charge in [0.15, 0.2) is 0 Å². The molecular formula is C11H14N2S2. The molecule has 0 amide bonds. The first-order valence-corrected chi connectivity index (χ1v) is 6.78. The third kappa shape index (κ3) is 2.87. The molecule has 80 valence electrons. The van der Waals surface area contributed by atoms with Crippen LogP contribution in [0, 0.1) is 0 Å². The van der Waals surface area contributed by atoms with Crippen LogP contribution in [0.3, 0.4) is 0 Å². The molecule has 2 heterocycles. The first-order chi connectivity index (χ1) is 7.25. The molecule has 0 aliphatic carbocycles. The number of thiazole rings is 1. The summed E-state index contributed by atoms with van der Waals surface area (Å²) in [5.74, 6) is 0. The van der Waals surface area contributed by atoms with E-state index < -0.39 is 0 Å². The highest BCUT2D eigenvalue weighted by Gasteiger charge is 2.04. The van der Waals surface area contributed by atoms with Crippen LogP contribution in [-0.4, -0.2) is 11.0 Å². The summed E-state index contributed by atoms with van der Waals surface area (Å²) in [5.41, 5.74) is 2.37. The van der Waals surface area contributed by atoms with Crippen molar-refractivity contribution < 1.29 is 0 Å². The van der Waals surface area contributed by atoms with Gasteiger partial charge < -0.3 is 5.32 Å². The van der Waals surface area contributed by atoms with Gasteiger partial charge in [0.25, 0.3) is 0 Å². The molecule has 0 bridgehead atoms. The van der Waals surface area contributed by atoms with Gasteiger partial charge in [-0.05, 0) is 11.4 Å². The summed E-state index contributed by atoms with van der Waals surface area (Å²) in [7, 11) is 0. The van der Waals surface area contributed by atoms with Gasteiger partial charge in [0.2, 0.25) is 0 Å². The lowest BCUT2D eigenvalue weighted by molar-refractivity contribution is 0.583. The summed E-state index contributed by atoms with van der Waals surface area (Å²) < 4.78 is 0. The lowest BCUT2D eigenvalue weighted by atomic mass is 10.3. The summed E-state index contributed by atoms with van der Waals surface area (Å²) in [6.45, 7) is 5.15. The minimum Gasteiger partial charge on any atom is -0.309 e. The zero-order valence-corrected chi connectivity index (χ0v) is 10.5. The molecule has 4 heteroatoms. The van der Waals surface area contributed by atoms with E-state index in [9.17, 15) is 0 Å². The predicted molar refractivity (Wildman–Crippen MR) is 67.4 cm³/mol. The van der Waals surface area contributed by atoms with Crippen LogP contribution in [0.2, 0.25) is 0 Å². The minimum atomic E-state index is 0.510. The van der Waals surface area contributed by atoms with Crippen LogP contribution in [0.5, 0.6) is 0 Å². The molecule has 0 aromatic carbocycles. The van der Waals surface area contributed by atoms with Gasteiger partial charge in [0, 0.05) is 28.9 Å². The first kappa shape index (κ1) is 10.8. The maximum atomic E-state index is 4.59. The SMILES string of the molecule is CC(C)NCc1csc(-c2ccsc2)n1. The largest absolute Gasteiger partial charge is 0.309 e. The van der Waals surface area contributed by atoms with E-state index in [2.05, 4.69) is 46.4 Å². The molecule has 0 aliphatic heterocycles. The lowest BCUT2D eigenvalue weighted by Crippen LogP contribution is -2.21. The van der Waals surface area contributed by atoms with E-state index in [0.29, 0.717) is 6.04 Å². The van der Waals surface area contributed by atoms with Crippen LogP contribution in [0.25, 0.3) is 10.6 Å². The number of rotatable bonds is 4. The van der Waals surface area contributed by atoms with Crippen molar-refractivity contribution in [1.82, 2.24) is 10.3 Å². The third-order valence-corrected chi connectivity index (χ3v) is 3.63. The van der Waals surface area contributed by atoms with Crippen molar-refractivity contribution >= 4 is 22.7 Å². The first-order valence-electron chi connectivity index (χ1n) is 4.96. The summed E-state index contributed by atoms with van der Waals surface area (Å²) in [5, 5.41) is 10.8.